The fraction of sp³-hybridized carbons (Fsp3) is 0.409. The van der Waals surface area contributed by atoms with E-state index < -0.39 is 24.3 Å². The Labute approximate surface area is 352 Å². The number of nitrogens with two attached hydrogens (primary N) is 1. The lowest BCUT2D eigenvalue weighted by Crippen LogP contribution is -2.51. The number of nitrogens with one attached hydrogen (secondary N) is 3. The maximum atomic E-state index is 13.7. The van der Waals surface area contributed by atoms with E-state index in [1.165, 1.54) is 14.2 Å². The summed E-state index contributed by atoms with van der Waals surface area (Å²) >= 11 is 0. The molecular formula is C44H51N9O8. The van der Waals surface area contributed by atoms with E-state index in [1.54, 1.807) is 20.7 Å². The van der Waals surface area contributed by atoms with Gasteiger partial charge in [0.05, 0.1) is 49.2 Å². The number of carbonyl (C=O) groups excluding carboxylic acids is 4. The van der Waals surface area contributed by atoms with Gasteiger partial charge in [0, 0.05) is 18.7 Å². The summed E-state index contributed by atoms with van der Waals surface area (Å²) in [6, 6.07) is 15.2. The van der Waals surface area contributed by atoms with Gasteiger partial charge in [-0.15, -0.1) is 0 Å². The fourth-order valence-electron chi connectivity index (χ4n) is 8.48. The number of carbonyl (C=O) groups is 4. The molecule has 3 aliphatic heterocycles. The topological polar surface area (TPSA) is 208 Å². The molecule has 0 aliphatic carbocycles. The third kappa shape index (κ3) is 7.87. The number of H-pyrrole nitrogens is 1. The number of likely N-dealkylation sites (tertiary alicyclic amines) is 2. The van der Waals surface area contributed by atoms with Crippen LogP contribution in [0.25, 0.3) is 33.4 Å². The molecule has 2 fully saturated rings. The maximum Gasteiger partial charge on any atom is 0.407 e. The minimum atomic E-state index is -0.749. The highest BCUT2D eigenvalue weighted by atomic mass is 16.6. The number of benzene rings is 3. The van der Waals surface area contributed by atoms with Crippen LogP contribution in [0.3, 0.4) is 0 Å². The Morgan fingerprint density at radius 2 is 1.26 bits per heavy atom. The maximum absolute atomic E-state index is 13.7. The van der Waals surface area contributed by atoms with Crippen molar-refractivity contribution in [1.82, 2.24) is 40.1 Å². The highest BCUT2D eigenvalue weighted by molar-refractivity contribution is 5.88. The summed E-state index contributed by atoms with van der Waals surface area (Å²) in [6.45, 7) is 8.62. The second kappa shape index (κ2) is 16.7. The molecule has 8 rings (SSSR count). The van der Waals surface area contributed by atoms with E-state index in [-0.39, 0.29) is 35.7 Å². The van der Waals surface area contributed by atoms with Crippen molar-refractivity contribution >= 4 is 35.0 Å². The smallest absolute Gasteiger partial charge is 0.407 e. The lowest BCUT2D eigenvalue weighted by molar-refractivity contribution is -0.136. The van der Waals surface area contributed by atoms with Crippen LogP contribution < -0.4 is 25.9 Å². The SMILES string of the molecule is COC(=O)N[C@H](C(=O)N1CCC[C@H]1c1ncc(-c2ccc3c(c2)Oc2ccc(-c4ccc5nc([C@@H]6CCCN6C(=O)[C@@H](NC(=O)OC)C(C)C)n(N)c5c4)cc2O3)[nH]1)C(C)C. The number of hydrogen-bond donors (Lipinski definition) is 4. The van der Waals surface area contributed by atoms with E-state index in [0.717, 1.165) is 41.6 Å². The van der Waals surface area contributed by atoms with Crippen LogP contribution in [0, 0.1) is 11.8 Å². The first kappa shape index (κ1) is 41.0. The summed E-state index contributed by atoms with van der Waals surface area (Å²) < 4.78 is 23.8. The van der Waals surface area contributed by atoms with Crippen LogP contribution in [0.4, 0.5) is 9.59 Å². The van der Waals surface area contributed by atoms with Crippen LogP contribution >= 0.6 is 0 Å². The molecule has 17 heteroatoms. The molecule has 4 amide bonds. The van der Waals surface area contributed by atoms with Gasteiger partial charge in [-0.1, -0.05) is 39.8 Å². The van der Waals surface area contributed by atoms with Crippen LogP contribution in [0.5, 0.6) is 23.0 Å². The first-order valence-corrected chi connectivity index (χ1v) is 20.6. The minimum Gasteiger partial charge on any atom is -0.453 e. The molecule has 0 bridgehead atoms. The second-order valence-corrected chi connectivity index (χ2v) is 16.3. The van der Waals surface area contributed by atoms with E-state index in [9.17, 15) is 19.2 Å². The van der Waals surface area contributed by atoms with Crippen LogP contribution in [0.2, 0.25) is 0 Å². The number of nitrogens with zero attached hydrogens (tertiary/aromatic N) is 5. The van der Waals surface area contributed by atoms with Gasteiger partial charge in [-0.3, -0.25) is 9.59 Å². The zero-order chi connectivity index (χ0) is 43.1. The monoisotopic (exact) mass is 833 g/mol. The van der Waals surface area contributed by atoms with Crippen molar-refractivity contribution in [2.45, 2.75) is 77.5 Å². The molecule has 0 spiro atoms. The van der Waals surface area contributed by atoms with E-state index in [2.05, 4.69) is 20.6 Å². The first-order chi connectivity index (χ1) is 29.3. The molecule has 0 saturated carbocycles. The van der Waals surface area contributed by atoms with E-state index in [1.807, 2.05) is 82.3 Å². The van der Waals surface area contributed by atoms with Crippen LogP contribution in [-0.2, 0) is 19.1 Å². The van der Waals surface area contributed by atoms with Crippen molar-refractivity contribution in [1.29, 1.82) is 0 Å². The summed E-state index contributed by atoms with van der Waals surface area (Å²) in [6.07, 6.45) is 3.47. The number of hydrogen-bond acceptors (Lipinski definition) is 11. The zero-order valence-electron chi connectivity index (χ0n) is 35.1. The molecule has 320 valence electrons. The quantitative estimate of drug-likeness (QED) is 0.106. The Morgan fingerprint density at radius 1 is 0.738 bits per heavy atom. The number of methoxy groups -OCH3 is 2. The zero-order valence-corrected chi connectivity index (χ0v) is 35.1. The van der Waals surface area contributed by atoms with Gasteiger partial charge in [0.15, 0.2) is 28.8 Å². The number of alkyl carbamates (subject to hydrolysis) is 2. The molecule has 0 radical (unpaired) electrons. The van der Waals surface area contributed by atoms with Gasteiger partial charge in [-0.2, -0.15) is 0 Å². The molecule has 4 atom stereocenters. The molecule has 5 N–H and O–H groups in total. The molecule has 3 aliphatic rings. The molecule has 0 unspecified atom stereocenters. The minimum absolute atomic E-state index is 0.132. The number of nitrogen functional groups attached to an aromatic ring is 1. The van der Waals surface area contributed by atoms with Crippen molar-refractivity contribution in [2.24, 2.45) is 11.8 Å². The lowest BCUT2D eigenvalue weighted by Gasteiger charge is -2.30. The third-order valence-electron chi connectivity index (χ3n) is 11.8. The number of amides is 4. The molecule has 17 nitrogen and oxygen atoms in total. The number of fused-ring (bicyclic) bond motifs is 3. The normalized spacial score (nSPS) is 18.0. The van der Waals surface area contributed by atoms with Crippen molar-refractivity contribution in [3.05, 3.63) is 72.4 Å². The summed E-state index contributed by atoms with van der Waals surface area (Å²) in [7, 11) is 2.55. The fourth-order valence-corrected chi connectivity index (χ4v) is 8.48. The molecule has 3 aromatic carbocycles. The number of rotatable bonds is 10. The summed E-state index contributed by atoms with van der Waals surface area (Å²) in [5.41, 5.74) is 4.76. The standard InChI is InChI=1S/C44H51N9O8/c1-23(2)37(49-43(56)58-5)41(54)51-17-7-9-30(51)39-46-22-29(47-39)27-13-16-34-36(21-27)61-33-15-12-26(20-35(33)60-34)25-11-14-28-32(19-25)53(45)40(48-28)31-10-8-18-52(31)42(55)38(24(3)4)50-44(57)59-6/h11-16,19-24,30-31,37-38H,7-10,17-18,45H2,1-6H3,(H,46,47)(H,49,56)(H,50,57)/t30-,31-,37-,38-/m0/s1. The Balaban J connectivity index is 0.976. The highest BCUT2D eigenvalue weighted by Crippen LogP contribution is 2.48. The Kier molecular flexibility index (Phi) is 11.2. The Morgan fingerprint density at radius 3 is 1.85 bits per heavy atom. The first-order valence-electron chi connectivity index (χ1n) is 20.6. The van der Waals surface area contributed by atoms with Crippen molar-refractivity contribution in [3.8, 4) is 45.4 Å². The molecule has 2 aromatic heterocycles. The molecule has 5 heterocycles. The van der Waals surface area contributed by atoms with Gasteiger partial charge in [-0.05, 0) is 91.1 Å². The van der Waals surface area contributed by atoms with Gasteiger partial charge >= 0.3 is 12.2 Å². The summed E-state index contributed by atoms with van der Waals surface area (Å²) in [5, 5.41) is 5.37. The van der Waals surface area contributed by atoms with Gasteiger partial charge in [0.25, 0.3) is 0 Å². The van der Waals surface area contributed by atoms with E-state index in [4.69, 9.17) is 29.8 Å². The van der Waals surface area contributed by atoms with E-state index in [0.29, 0.717) is 65.2 Å². The highest BCUT2D eigenvalue weighted by Gasteiger charge is 2.39. The van der Waals surface area contributed by atoms with Crippen LogP contribution in [0.15, 0.2) is 60.8 Å². The average molecular weight is 834 g/mol. The number of aromatic nitrogens is 4. The third-order valence-corrected chi connectivity index (χ3v) is 11.8. The van der Waals surface area contributed by atoms with Gasteiger partial charge < -0.3 is 50.2 Å². The summed E-state index contributed by atoms with van der Waals surface area (Å²) in [5.74, 6) is 9.50. The molecular weight excluding hydrogens is 783 g/mol. The predicted octanol–water partition coefficient (Wildman–Crippen LogP) is 6.79. The lowest BCUT2D eigenvalue weighted by atomic mass is 10.0. The molecule has 61 heavy (non-hydrogen) atoms. The Hall–Kier alpha value is -6.78. The van der Waals surface area contributed by atoms with E-state index >= 15 is 0 Å². The average Bonchev–Trinajstić information content (AvgIpc) is 4.09. The van der Waals surface area contributed by atoms with Crippen LogP contribution in [-0.4, -0.2) is 92.8 Å². The molecule has 5 aromatic rings. The van der Waals surface area contributed by atoms with Crippen LogP contribution in [0.1, 0.15) is 77.1 Å². The van der Waals surface area contributed by atoms with Gasteiger partial charge in [0.2, 0.25) is 11.8 Å². The Bertz CT molecular complexity index is 2500. The number of imidazole rings is 2. The van der Waals surface area contributed by atoms with Crippen molar-refractivity contribution < 1.29 is 38.1 Å². The number of aromatic amines is 1. The van der Waals surface area contributed by atoms with Gasteiger partial charge in [0.1, 0.15) is 17.9 Å². The van der Waals surface area contributed by atoms with Gasteiger partial charge in [-0.25, -0.2) is 24.2 Å². The second-order valence-electron chi connectivity index (χ2n) is 16.3. The summed E-state index contributed by atoms with van der Waals surface area (Å²) in [4.78, 5) is 67.9. The number of ether oxygens (including phenoxy) is 4. The predicted molar refractivity (Wildman–Crippen MR) is 225 cm³/mol. The van der Waals surface area contributed by atoms with Crippen molar-refractivity contribution in [2.75, 3.05) is 33.2 Å². The molecule has 2 saturated heterocycles. The largest absolute Gasteiger partial charge is 0.453 e. The van der Waals surface area contributed by atoms with Crippen molar-refractivity contribution in [3.63, 3.8) is 0 Å².